The van der Waals surface area contributed by atoms with Gasteiger partial charge in [-0.05, 0) is 32.8 Å². The molecule has 3 aromatic rings. The molecule has 0 unspecified atom stereocenters. The van der Waals surface area contributed by atoms with E-state index in [9.17, 15) is 4.79 Å². The number of aromatic nitrogens is 5. The standard InChI is InChI=1S/C17H21N7O/c1-3-23-15(6-7-19-23)22-9-4-5-13(17(22)25)20-16-14-11-12(2)21-24(14)10-8-18-16/h6-8,10-11,13H,3-5,9H2,1-2H3,(H,18,20)/t13-/m1/s1. The number of aryl methyl sites for hydroxylation is 2. The zero-order valence-corrected chi connectivity index (χ0v) is 14.4. The summed E-state index contributed by atoms with van der Waals surface area (Å²) in [4.78, 5) is 19.2. The Labute approximate surface area is 145 Å². The van der Waals surface area contributed by atoms with Crippen molar-refractivity contribution in [2.75, 3.05) is 16.8 Å². The Morgan fingerprint density at radius 1 is 1.36 bits per heavy atom. The first-order valence-electron chi connectivity index (χ1n) is 8.58. The number of piperidine rings is 1. The summed E-state index contributed by atoms with van der Waals surface area (Å²) in [5.41, 5.74) is 1.79. The average molecular weight is 339 g/mol. The van der Waals surface area contributed by atoms with Gasteiger partial charge in [-0.1, -0.05) is 0 Å². The molecule has 1 fully saturated rings. The second kappa shape index (κ2) is 6.19. The van der Waals surface area contributed by atoms with Gasteiger partial charge in [0.25, 0.3) is 5.91 Å². The maximum absolute atomic E-state index is 13.0. The van der Waals surface area contributed by atoms with Crippen LogP contribution in [0.2, 0.25) is 0 Å². The molecule has 4 rings (SSSR count). The van der Waals surface area contributed by atoms with Crippen molar-refractivity contribution in [2.45, 2.75) is 39.3 Å². The second-order valence-electron chi connectivity index (χ2n) is 6.23. The van der Waals surface area contributed by atoms with Crippen LogP contribution in [0.25, 0.3) is 5.52 Å². The monoisotopic (exact) mass is 339 g/mol. The van der Waals surface area contributed by atoms with E-state index in [0.717, 1.165) is 36.4 Å². The number of hydrogen-bond donors (Lipinski definition) is 1. The highest BCUT2D eigenvalue weighted by Gasteiger charge is 2.31. The van der Waals surface area contributed by atoms with Gasteiger partial charge in [-0.2, -0.15) is 10.2 Å². The van der Waals surface area contributed by atoms with Crippen LogP contribution in [0.5, 0.6) is 0 Å². The van der Waals surface area contributed by atoms with E-state index in [4.69, 9.17) is 0 Å². The van der Waals surface area contributed by atoms with Gasteiger partial charge < -0.3 is 5.32 Å². The first-order valence-corrected chi connectivity index (χ1v) is 8.58. The Hall–Kier alpha value is -2.90. The third kappa shape index (κ3) is 2.73. The van der Waals surface area contributed by atoms with Gasteiger partial charge in [0, 0.05) is 31.5 Å². The summed E-state index contributed by atoms with van der Waals surface area (Å²) in [6.45, 7) is 5.41. The summed E-state index contributed by atoms with van der Waals surface area (Å²) in [6.07, 6.45) is 6.95. The highest BCUT2D eigenvalue weighted by molar-refractivity contribution is 5.99. The third-order valence-electron chi connectivity index (χ3n) is 4.53. The topological polar surface area (TPSA) is 80.3 Å². The van der Waals surface area contributed by atoms with Crippen molar-refractivity contribution >= 4 is 23.1 Å². The molecule has 8 heteroatoms. The Bertz CT molecular complexity index is 913. The molecule has 0 saturated carbocycles. The Morgan fingerprint density at radius 3 is 3.08 bits per heavy atom. The molecule has 4 heterocycles. The predicted octanol–water partition coefficient (Wildman–Crippen LogP) is 1.86. The van der Waals surface area contributed by atoms with Gasteiger partial charge in [-0.25, -0.2) is 14.2 Å². The van der Waals surface area contributed by atoms with Crippen LogP contribution in [0.4, 0.5) is 11.6 Å². The number of amides is 1. The fourth-order valence-corrected chi connectivity index (χ4v) is 3.36. The van der Waals surface area contributed by atoms with Gasteiger partial charge in [0.15, 0.2) is 5.82 Å². The normalized spacial score (nSPS) is 18.1. The van der Waals surface area contributed by atoms with Crippen molar-refractivity contribution in [3.63, 3.8) is 0 Å². The molecular formula is C17H21N7O. The van der Waals surface area contributed by atoms with Gasteiger partial charge in [0.2, 0.25) is 0 Å². The highest BCUT2D eigenvalue weighted by Crippen LogP contribution is 2.24. The molecule has 1 aliphatic heterocycles. The minimum absolute atomic E-state index is 0.0569. The molecule has 0 spiro atoms. The van der Waals surface area contributed by atoms with E-state index in [0.29, 0.717) is 12.4 Å². The molecule has 0 aliphatic carbocycles. The van der Waals surface area contributed by atoms with E-state index in [1.165, 1.54) is 0 Å². The van der Waals surface area contributed by atoms with E-state index < -0.39 is 0 Å². The zero-order chi connectivity index (χ0) is 17.4. The molecule has 1 aliphatic rings. The van der Waals surface area contributed by atoms with Crippen molar-refractivity contribution in [1.82, 2.24) is 24.4 Å². The zero-order valence-electron chi connectivity index (χ0n) is 14.4. The first-order chi connectivity index (χ1) is 12.2. The molecule has 3 aromatic heterocycles. The molecular weight excluding hydrogens is 318 g/mol. The highest BCUT2D eigenvalue weighted by atomic mass is 16.2. The number of hydrogen-bond acceptors (Lipinski definition) is 5. The number of carbonyl (C=O) groups excluding carboxylic acids is 1. The summed E-state index contributed by atoms with van der Waals surface area (Å²) < 4.78 is 3.63. The second-order valence-corrected chi connectivity index (χ2v) is 6.23. The van der Waals surface area contributed by atoms with Gasteiger partial charge >= 0.3 is 0 Å². The summed E-state index contributed by atoms with van der Waals surface area (Å²) in [5.74, 6) is 1.60. The largest absolute Gasteiger partial charge is 0.357 e. The Morgan fingerprint density at radius 2 is 2.24 bits per heavy atom. The third-order valence-corrected chi connectivity index (χ3v) is 4.53. The SMILES string of the molecule is CCn1nccc1N1CCC[C@@H](Nc2nccn3nc(C)cc23)C1=O. The predicted molar refractivity (Wildman–Crippen MR) is 94.6 cm³/mol. The van der Waals surface area contributed by atoms with E-state index in [2.05, 4.69) is 20.5 Å². The maximum Gasteiger partial charge on any atom is 0.250 e. The number of anilines is 2. The summed E-state index contributed by atoms with van der Waals surface area (Å²) in [5, 5.41) is 12.0. The Kier molecular flexibility index (Phi) is 3.87. The number of carbonyl (C=O) groups is 1. The fourth-order valence-electron chi connectivity index (χ4n) is 3.36. The smallest absolute Gasteiger partial charge is 0.250 e. The van der Waals surface area contributed by atoms with Crippen molar-refractivity contribution in [1.29, 1.82) is 0 Å². The van der Waals surface area contributed by atoms with Crippen LogP contribution in [0.15, 0.2) is 30.7 Å². The van der Waals surface area contributed by atoms with Crippen LogP contribution < -0.4 is 10.2 Å². The van der Waals surface area contributed by atoms with Crippen LogP contribution in [-0.2, 0) is 11.3 Å². The lowest BCUT2D eigenvalue weighted by Crippen LogP contribution is -2.48. The van der Waals surface area contributed by atoms with Crippen LogP contribution in [0, 0.1) is 6.92 Å². The van der Waals surface area contributed by atoms with Gasteiger partial charge in [0.1, 0.15) is 17.4 Å². The van der Waals surface area contributed by atoms with Gasteiger partial charge in [0.05, 0.1) is 11.9 Å². The molecule has 130 valence electrons. The van der Waals surface area contributed by atoms with E-state index in [-0.39, 0.29) is 11.9 Å². The van der Waals surface area contributed by atoms with E-state index in [1.54, 1.807) is 16.9 Å². The van der Waals surface area contributed by atoms with Crippen molar-refractivity contribution in [3.8, 4) is 0 Å². The molecule has 8 nitrogen and oxygen atoms in total. The van der Waals surface area contributed by atoms with E-state index >= 15 is 0 Å². The number of fused-ring (bicyclic) bond motifs is 1. The molecule has 0 aromatic carbocycles. The summed E-state index contributed by atoms with van der Waals surface area (Å²) >= 11 is 0. The number of rotatable bonds is 4. The lowest BCUT2D eigenvalue weighted by Gasteiger charge is -2.32. The van der Waals surface area contributed by atoms with Gasteiger partial charge in [-0.15, -0.1) is 0 Å². The van der Waals surface area contributed by atoms with Crippen molar-refractivity contribution in [3.05, 3.63) is 36.4 Å². The molecule has 1 atom stereocenters. The van der Waals surface area contributed by atoms with E-state index in [1.807, 2.05) is 41.8 Å². The molecule has 25 heavy (non-hydrogen) atoms. The molecule has 0 radical (unpaired) electrons. The van der Waals surface area contributed by atoms with Crippen molar-refractivity contribution < 1.29 is 4.79 Å². The minimum Gasteiger partial charge on any atom is -0.357 e. The molecule has 0 bridgehead atoms. The van der Waals surface area contributed by atoms with Crippen molar-refractivity contribution in [2.24, 2.45) is 0 Å². The lowest BCUT2D eigenvalue weighted by molar-refractivity contribution is -0.120. The van der Waals surface area contributed by atoms with Crippen LogP contribution in [-0.4, -0.2) is 42.9 Å². The molecule has 1 saturated heterocycles. The Balaban J connectivity index is 1.61. The van der Waals surface area contributed by atoms with Crippen LogP contribution in [0.3, 0.4) is 0 Å². The fraction of sp³-hybridized carbons (Fsp3) is 0.412. The molecule has 1 amide bonds. The summed E-state index contributed by atoms with van der Waals surface area (Å²) in [7, 11) is 0. The average Bonchev–Trinajstić information content (AvgIpc) is 3.22. The first kappa shape index (κ1) is 15.6. The van der Waals surface area contributed by atoms with Crippen LogP contribution >= 0.6 is 0 Å². The quantitative estimate of drug-likeness (QED) is 0.785. The lowest BCUT2D eigenvalue weighted by atomic mass is 10.0. The minimum atomic E-state index is -0.303. The maximum atomic E-state index is 13.0. The number of nitrogens with one attached hydrogen (secondary N) is 1. The molecule has 1 N–H and O–H groups in total. The van der Waals surface area contributed by atoms with Crippen LogP contribution in [0.1, 0.15) is 25.5 Å². The summed E-state index contributed by atoms with van der Waals surface area (Å²) in [6, 6.07) is 3.55. The number of nitrogens with zero attached hydrogens (tertiary/aromatic N) is 6. The van der Waals surface area contributed by atoms with Gasteiger partial charge in [-0.3, -0.25) is 9.69 Å².